The minimum Gasteiger partial charge on any atom is -0.324 e. The Labute approximate surface area is 93.1 Å². The molecule has 1 aromatic rings. The van der Waals surface area contributed by atoms with Crippen LogP contribution in [-0.4, -0.2) is 25.5 Å². The first-order valence-corrected chi connectivity index (χ1v) is 5.48. The molecule has 1 atom stereocenters. The largest absolute Gasteiger partial charge is 0.324 e. The maximum absolute atomic E-state index is 6.14. The van der Waals surface area contributed by atoms with Crippen molar-refractivity contribution in [1.29, 1.82) is 0 Å². The van der Waals surface area contributed by atoms with Gasteiger partial charge in [0.15, 0.2) is 0 Å². The lowest BCUT2D eigenvalue weighted by Gasteiger charge is -2.16. The first kappa shape index (κ1) is 12.2. The third-order valence-corrected chi connectivity index (χ3v) is 2.85. The minimum atomic E-state index is 0.159. The van der Waals surface area contributed by atoms with Crippen LogP contribution in [-0.2, 0) is 0 Å². The smallest absolute Gasteiger partial charge is 0.0307 e. The third-order valence-electron chi connectivity index (χ3n) is 2.85. The Morgan fingerprint density at radius 1 is 1.20 bits per heavy atom. The molecule has 0 fully saturated rings. The number of hydrogen-bond acceptors (Lipinski definition) is 2. The van der Waals surface area contributed by atoms with Gasteiger partial charge >= 0.3 is 0 Å². The lowest BCUT2D eigenvalue weighted by atomic mass is 9.99. The summed E-state index contributed by atoms with van der Waals surface area (Å²) >= 11 is 0. The summed E-state index contributed by atoms with van der Waals surface area (Å²) in [4.78, 5) is 2.17. The van der Waals surface area contributed by atoms with Crippen molar-refractivity contribution in [3.63, 3.8) is 0 Å². The van der Waals surface area contributed by atoms with Crippen LogP contribution in [0.15, 0.2) is 18.2 Å². The predicted molar refractivity (Wildman–Crippen MR) is 66.0 cm³/mol. The summed E-state index contributed by atoms with van der Waals surface area (Å²) in [7, 11) is 4.15. The molecule has 0 aliphatic carbocycles. The molecule has 0 amide bonds. The van der Waals surface area contributed by atoms with Crippen LogP contribution in [0.5, 0.6) is 0 Å². The van der Waals surface area contributed by atoms with Crippen molar-refractivity contribution < 1.29 is 0 Å². The van der Waals surface area contributed by atoms with E-state index in [0.717, 1.165) is 13.0 Å². The minimum absolute atomic E-state index is 0.159. The second kappa shape index (κ2) is 5.29. The molecule has 0 aliphatic heterocycles. The van der Waals surface area contributed by atoms with Crippen LogP contribution in [0.2, 0.25) is 0 Å². The number of nitrogens with two attached hydrogens (primary N) is 1. The van der Waals surface area contributed by atoms with E-state index in [9.17, 15) is 0 Å². The number of benzene rings is 1. The molecule has 2 heteroatoms. The third kappa shape index (κ3) is 3.65. The van der Waals surface area contributed by atoms with Gasteiger partial charge in [0.2, 0.25) is 0 Å². The highest BCUT2D eigenvalue weighted by molar-refractivity contribution is 5.31. The van der Waals surface area contributed by atoms with E-state index in [1.165, 1.54) is 16.7 Å². The average molecular weight is 206 g/mol. The maximum atomic E-state index is 6.14. The Morgan fingerprint density at radius 2 is 1.87 bits per heavy atom. The van der Waals surface area contributed by atoms with Crippen LogP contribution >= 0.6 is 0 Å². The van der Waals surface area contributed by atoms with Crippen LogP contribution in [0.1, 0.15) is 29.2 Å². The van der Waals surface area contributed by atoms with Crippen molar-refractivity contribution in [2.24, 2.45) is 5.73 Å². The second-order valence-corrected chi connectivity index (χ2v) is 4.54. The van der Waals surface area contributed by atoms with E-state index in [-0.39, 0.29) is 6.04 Å². The second-order valence-electron chi connectivity index (χ2n) is 4.54. The van der Waals surface area contributed by atoms with Gasteiger partial charge in [0.25, 0.3) is 0 Å². The lowest BCUT2D eigenvalue weighted by molar-refractivity contribution is 0.382. The van der Waals surface area contributed by atoms with E-state index < -0.39 is 0 Å². The van der Waals surface area contributed by atoms with Crippen LogP contribution in [0, 0.1) is 13.8 Å². The molecule has 0 aromatic heterocycles. The Bertz CT molecular complexity index is 318. The fraction of sp³-hybridized carbons (Fsp3) is 0.538. The van der Waals surface area contributed by atoms with Gasteiger partial charge in [0.1, 0.15) is 0 Å². The van der Waals surface area contributed by atoms with Gasteiger partial charge in [-0.05, 0) is 57.6 Å². The first-order valence-electron chi connectivity index (χ1n) is 5.48. The van der Waals surface area contributed by atoms with Crippen LogP contribution < -0.4 is 5.73 Å². The molecule has 2 N–H and O–H groups in total. The van der Waals surface area contributed by atoms with Crippen molar-refractivity contribution in [2.75, 3.05) is 20.6 Å². The van der Waals surface area contributed by atoms with E-state index in [1.807, 2.05) is 0 Å². The molecule has 0 radical (unpaired) electrons. The van der Waals surface area contributed by atoms with Gasteiger partial charge in [-0.25, -0.2) is 0 Å². The lowest BCUT2D eigenvalue weighted by Crippen LogP contribution is -2.20. The van der Waals surface area contributed by atoms with Gasteiger partial charge in [0.05, 0.1) is 0 Å². The van der Waals surface area contributed by atoms with Gasteiger partial charge < -0.3 is 10.6 Å². The fourth-order valence-corrected chi connectivity index (χ4v) is 1.56. The van der Waals surface area contributed by atoms with E-state index >= 15 is 0 Å². The van der Waals surface area contributed by atoms with Crippen molar-refractivity contribution in [2.45, 2.75) is 26.3 Å². The van der Waals surface area contributed by atoms with E-state index in [0.29, 0.717) is 0 Å². The molecular weight excluding hydrogens is 184 g/mol. The standard InChI is InChI=1S/C13H22N2/c1-10-5-6-12(9-11(10)2)13(14)7-8-15(3)4/h5-6,9,13H,7-8,14H2,1-4H3. The Balaban J connectivity index is 2.65. The number of aryl methyl sites for hydroxylation is 2. The fourth-order valence-electron chi connectivity index (χ4n) is 1.56. The van der Waals surface area contributed by atoms with Gasteiger partial charge in [-0.15, -0.1) is 0 Å². The molecule has 1 aromatic carbocycles. The van der Waals surface area contributed by atoms with Crippen LogP contribution in [0.4, 0.5) is 0 Å². The average Bonchev–Trinajstić information content (AvgIpc) is 2.18. The highest BCUT2D eigenvalue weighted by atomic mass is 15.0. The summed E-state index contributed by atoms with van der Waals surface area (Å²) < 4.78 is 0. The Morgan fingerprint density at radius 3 is 2.40 bits per heavy atom. The molecule has 1 rings (SSSR count). The molecule has 15 heavy (non-hydrogen) atoms. The van der Waals surface area contributed by atoms with Crippen LogP contribution in [0.3, 0.4) is 0 Å². The zero-order chi connectivity index (χ0) is 11.4. The maximum Gasteiger partial charge on any atom is 0.0307 e. The molecule has 0 aliphatic rings. The summed E-state index contributed by atoms with van der Waals surface area (Å²) in [5.41, 5.74) is 10.0. The van der Waals surface area contributed by atoms with Gasteiger partial charge in [0, 0.05) is 6.04 Å². The van der Waals surface area contributed by atoms with Crippen molar-refractivity contribution in [3.05, 3.63) is 34.9 Å². The molecule has 0 heterocycles. The zero-order valence-electron chi connectivity index (χ0n) is 10.2. The van der Waals surface area contributed by atoms with Crippen molar-refractivity contribution in [3.8, 4) is 0 Å². The number of nitrogens with zero attached hydrogens (tertiary/aromatic N) is 1. The molecule has 0 spiro atoms. The molecule has 0 saturated carbocycles. The topological polar surface area (TPSA) is 29.3 Å². The van der Waals surface area contributed by atoms with Gasteiger partial charge in [-0.3, -0.25) is 0 Å². The summed E-state index contributed by atoms with van der Waals surface area (Å²) in [6.07, 6.45) is 1.01. The molecule has 84 valence electrons. The monoisotopic (exact) mass is 206 g/mol. The van der Waals surface area contributed by atoms with Gasteiger partial charge in [-0.1, -0.05) is 18.2 Å². The normalized spacial score (nSPS) is 13.2. The Hall–Kier alpha value is -0.860. The van der Waals surface area contributed by atoms with E-state index in [1.54, 1.807) is 0 Å². The van der Waals surface area contributed by atoms with Gasteiger partial charge in [-0.2, -0.15) is 0 Å². The molecular formula is C13H22N2. The summed E-state index contributed by atoms with van der Waals surface area (Å²) in [6.45, 7) is 5.30. The molecule has 0 saturated heterocycles. The molecule has 1 unspecified atom stereocenters. The van der Waals surface area contributed by atoms with Crippen LogP contribution in [0.25, 0.3) is 0 Å². The SMILES string of the molecule is Cc1ccc(C(N)CCN(C)C)cc1C. The molecule has 2 nitrogen and oxygen atoms in total. The van der Waals surface area contributed by atoms with Crippen molar-refractivity contribution in [1.82, 2.24) is 4.90 Å². The zero-order valence-corrected chi connectivity index (χ0v) is 10.2. The summed E-state index contributed by atoms with van der Waals surface area (Å²) in [5.74, 6) is 0. The molecule has 0 bridgehead atoms. The number of rotatable bonds is 4. The van der Waals surface area contributed by atoms with Crippen molar-refractivity contribution >= 4 is 0 Å². The number of hydrogen-bond donors (Lipinski definition) is 1. The van der Waals surface area contributed by atoms with E-state index in [2.05, 4.69) is 51.0 Å². The predicted octanol–water partition coefficient (Wildman–Crippen LogP) is 2.25. The quantitative estimate of drug-likeness (QED) is 0.818. The summed E-state index contributed by atoms with van der Waals surface area (Å²) in [5, 5.41) is 0. The first-order chi connectivity index (χ1) is 7.00. The highest BCUT2D eigenvalue weighted by Crippen LogP contribution is 2.17. The highest BCUT2D eigenvalue weighted by Gasteiger charge is 2.06. The Kier molecular flexibility index (Phi) is 4.30. The summed E-state index contributed by atoms with van der Waals surface area (Å²) in [6, 6.07) is 6.66. The van der Waals surface area contributed by atoms with E-state index in [4.69, 9.17) is 5.73 Å².